The Kier molecular flexibility index (Phi) is 6.75. The van der Waals surface area contributed by atoms with E-state index in [2.05, 4.69) is 27.5 Å². The Morgan fingerprint density at radius 3 is 2.75 bits per heavy atom. The molecule has 0 bridgehead atoms. The molecule has 1 atom stereocenters. The van der Waals surface area contributed by atoms with Crippen LogP contribution in [0.1, 0.15) is 12.7 Å². The minimum atomic E-state index is 0.432. The molecule has 1 fully saturated rings. The lowest BCUT2D eigenvalue weighted by molar-refractivity contribution is 0.178. The number of thioether (sulfide) groups is 2. The predicted octanol–water partition coefficient (Wildman–Crippen LogP) is 2.32. The van der Waals surface area contributed by atoms with Gasteiger partial charge in [0.15, 0.2) is 5.82 Å². The minimum Gasteiger partial charge on any atom is -0.377 e. The third kappa shape index (κ3) is 5.03. The Morgan fingerprint density at radius 2 is 2.10 bits per heavy atom. The lowest BCUT2D eigenvalue weighted by atomic mass is 10.4. The molecular formula is C13H22N4OS2. The average Bonchev–Trinajstić information content (AvgIpc) is 2.47. The summed E-state index contributed by atoms with van der Waals surface area (Å²) in [6.45, 7) is 4.29. The SMILES string of the molecule is CCNc1cc(NCC2CSCCS2)nc(COC)n1. The maximum absolute atomic E-state index is 5.12. The lowest BCUT2D eigenvalue weighted by Crippen LogP contribution is -2.23. The van der Waals surface area contributed by atoms with Gasteiger partial charge < -0.3 is 15.4 Å². The summed E-state index contributed by atoms with van der Waals surface area (Å²) < 4.78 is 5.12. The van der Waals surface area contributed by atoms with E-state index in [1.165, 1.54) is 17.3 Å². The highest BCUT2D eigenvalue weighted by Gasteiger charge is 2.14. The molecule has 0 amide bonds. The molecule has 2 heterocycles. The molecule has 1 aromatic heterocycles. The van der Waals surface area contributed by atoms with E-state index in [-0.39, 0.29) is 0 Å². The van der Waals surface area contributed by atoms with Gasteiger partial charge in [0.1, 0.15) is 18.2 Å². The Labute approximate surface area is 129 Å². The summed E-state index contributed by atoms with van der Waals surface area (Å²) in [5.74, 6) is 6.17. The van der Waals surface area contributed by atoms with E-state index < -0.39 is 0 Å². The first-order valence-electron chi connectivity index (χ1n) is 6.85. The smallest absolute Gasteiger partial charge is 0.158 e. The molecule has 0 spiro atoms. The zero-order valence-electron chi connectivity index (χ0n) is 12.0. The van der Waals surface area contributed by atoms with Gasteiger partial charge in [-0.1, -0.05) is 0 Å². The third-order valence-corrected chi connectivity index (χ3v) is 5.64. The number of hydrogen-bond acceptors (Lipinski definition) is 7. The Morgan fingerprint density at radius 1 is 1.30 bits per heavy atom. The van der Waals surface area contributed by atoms with E-state index in [1.807, 2.05) is 29.6 Å². The molecule has 2 rings (SSSR count). The molecule has 1 saturated heterocycles. The normalized spacial score (nSPS) is 18.8. The second kappa shape index (κ2) is 8.59. The third-order valence-electron chi connectivity index (χ3n) is 2.80. The van der Waals surface area contributed by atoms with Gasteiger partial charge in [0.2, 0.25) is 0 Å². The molecule has 1 aliphatic heterocycles. The highest BCUT2D eigenvalue weighted by molar-refractivity contribution is 8.06. The van der Waals surface area contributed by atoms with Crippen molar-refractivity contribution in [2.75, 3.05) is 48.1 Å². The Hall–Kier alpha value is -0.660. The molecular weight excluding hydrogens is 292 g/mol. The standard InChI is InChI=1S/C13H22N4OS2/c1-3-14-11-6-12(17-13(16-11)8-18-2)15-7-10-9-19-4-5-20-10/h6,10H,3-5,7-9H2,1-2H3,(H2,14,15,16,17). The summed E-state index contributed by atoms with van der Waals surface area (Å²) in [6.07, 6.45) is 0. The van der Waals surface area contributed by atoms with E-state index in [9.17, 15) is 0 Å². The topological polar surface area (TPSA) is 59.1 Å². The van der Waals surface area contributed by atoms with Gasteiger partial charge >= 0.3 is 0 Å². The predicted molar refractivity (Wildman–Crippen MR) is 89.0 cm³/mol. The zero-order chi connectivity index (χ0) is 14.2. The quantitative estimate of drug-likeness (QED) is 0.801. The number of anilines is 2. The van der Waals surface area contributed by atoms with Gasteiger partial charge in [-0.05, 0) is 6.92 Å². The van der Waals surface area contributed by atoms with E-state index in [0.717, 1.165) is 24.7 Å². The molecule has 0 radical (unpaired) electrons. The van der Waals surface area contributed by atoms with Crippen molar-refractivity contribution >= 4 is 35.2 Å². The number of nitrogens with zero attached hydrogens (tertiary/aromatic N) is 2. The van der Waals surface area contributed by atoms with Crippen molar-refractivity contribution in [2.45, 2.75) is 18.8 Å². The van der Waals surface area contributed by atoms with Gasteiger partial charge in [0.25, 0.3) is 0 Å². The van der Waals surface area contributed by atoms with Crippen molar-refractivity contribution in [3.63, 3.8) is 0 Å². The molecule has 20 heavy (non-hydrogen) atoms. The first kappa shape index (κ1) is 15.7. The summed E-state index contributed by atoms with van der Waals surface area (Å²) in [7, 11) is 1.66. The van der Waals surface area contributed by atoms with Gasteiger partial charge in [-0.25, -0.2) is 9.97 Å². The minimum absolute atomic E-state index is 0.432. The van der Waals surface area contributed by atoms with Gasteiger partial charge in [-0.3, -0.25) is 0 Å². The van der Waals surface area contributed by atoms with E-state index >= 15 is 0 Å². The van der Waals surface area contributed by atoms with E-state index in [4.69, 9.17) is 4.74 Å². The fourth-order valence-electron chi connectivity index (χ4n) is 1.93. The van der Waals surface area contributed by atoms with Gasteiger partial charge in [-0.2, -0.15) is 23.5 Å². The van der Waals surface area contributed by atoms with Crippen molar-refractivity contribution in [1.29, 1.82) is 0 Å². The Bertz CT molecular complexity index is 389. The van der Waals surface area contributed by atoms with Crippen LogP contribution in [0.25, 0.3) is 0 Å². The summed E-state index contributed by atoms with van der Waals surface area (Å²) in [5.41, 5.74) is 0. The first-order valence-corrected chi connectivity index (χ1v) is 9.06. The molecule has 1 unspecified atom stereocenters. The lowest BCUT2D eigenvalue weighted by Gasteiger charge is -2.21. The molecule has 0 saturated carbocycles. The highest BCUT2D eigenvalue weighted by Crippen LogP contribution is 2.24. The maximum atomic E-state index is 5.12. The highest BCUT2D eigenvalue weighted by atomic mass is 32.2. The van der Waals surface area contributed by atoms with Crippen LogP contribution in [0.2, 0.25) is 0 Å². The molecule has 7 heteroatoms. The van der Waals surface area contributed by atoms with Crippen LogP contribution in [0, 0.1) is 0 Å². The summed E-state index contributed by atoms with van der Waals surface area (Å²) >= 11 is 4.08. The first-order chi connectivity index (χ1) is 9.81. The summed E-state index contributed by atoms with van der Waals surface area (Å²) in [6, 6.07) is 1.96. The maximum Gasteiger partial charge on any atom is 0.158 e. The molecule has 5 nitrogen and oxygen atoms in total. The summed E-state index contributed by atoms with van der Waals surface area (Å²) in [5, 5.41) is 7.32. The molecule has 0 aliphatic carbocycles. The average molecular weight is 314 g/mol. The number of methoxy groups -OCH3 is 1. The molecule has 1 aliphatic rings. The molecule has 2 N–H and O–H groups in total. The van der Waals surface area contributed by atoms with Crippen LogP contribution in [-0.2, 0) is 11.3 Å². The van der Waals surface area contributed by atoms with Gasteiger partial charge in [0.05, 0.1) is 0 Å². The van der Waals surface area contributed by atoms with Crippen LogP contribution in [0.3, 0.4) is 0 Å². The monoisotopic (exact) mass is 314 g/mol. The number of hydrogen-bond donors (Lipinski definition) is 2. The second-order valence-corrected chi connectivity index (χ2v) is 7.02. The van der Waals surface area contributed by atoms with Crippen molar-refractivity contribution in [1.82, 2.24) is 9.97 Å². The van der Waals surface area contributed by atoms with Gasteiger partial charge in [-0.15, -0.1) is 0 Å². The van der Waals surface area contributed by atoms with Crippen LogP contribution in [0.5, 0.6) is 0 Å². The van der Waals surface area contributed by atoms with Gasteiger partial charge in [0, 0.05) is 48.8 Å². The fraction of sp³-hybridized carbons (Fsp3) is 0.692. The van der Waals surface area contributed by atoms with Crippen molar-refractivity contribution in [3.05, 3.63) is 11.9 Å². The fourth-order valence-corrected chi connectivity index (χ4v) is 4.54. The summed E-state index contributed by atoms with van der Waals surface area (Å²) in [4.78, 5) is 8.90. The van der Waals surface area contributed by atoms with Crippen LogP contribution in [0.4, 0.5) is 11.6 Å². The van der Waals surface area contributed by atoms with Crippen molar-refractivity contribution < 1.29 is 4.74 Å². The van der Waals surface area contributed by atoms with E-state index in [1.54, 1.807) is 7.11 Å². The van der Waals surface area contributed by atoms with Crippen LogP contribution < -0.4 is 10.6 Å². The largest absolute Gasteiger partial charge is 0.377 e. The number of ether oxygens (including phenoxy) is 1. The van der Waals surface area contributed by atoms with Crippen molar-refractivity contribution in [2.24, 2.45) is 0 Å². The van der Waals surface area contributed by atoms with E-state index in [0.29, 0.717) is 17.7 Å². The Balaban J connectivity index is 1.97. The zero-order valence-corrected chi connectivity index (χ0v) is 13.6. The second-order valence-electron chi connectivity index (χ2n) is 4.47. The number of aromatic nitrogens is 2. The van der Waals surface area contributed by atoms with Crippen LogP contribution in [-0.4, -0.2) is 52.7 Å². The van der Waals surface area contributed by atoms with Crippen LogP contribution >= 0.6 is 23.5 Å². The van der Waals surface area contributed by atoms with Crippen LogP contribution in [0.15, 0.2) is 6.07 Å². The number of rotatable bonds is 7. The number of nitrogens with one attached hydrogen (secondary N) is 2. The molecule has 0 aromatic carbocycles. The molecule has 112 valence electrons. The van der Waals surface area contributed by atoms with Crippen molar-refractivity contribution in [3.8, 4) is 0 Å². The molecule has 1 aromatic rings.